The molecule has 4 saturated carbocycles. The van der Waals surface area contributed by atoms with Gasteiger partial charge in [0.2, 0.25) is 0 Å². The number of aliphatic carboxylic acids is 1. The van der Waals surface area contributed by atoms with Gasteiger partial charge in [-0.05, 0) is 44.4 Å². The normalized spacial score (nSPS) is 38.9. The van der Waals surface area contributed by atoms with E-state index in [1.54, 1.807) is 6.92 Å². The lowest BCUT2D eigenvalue weighted by atomic mass is 9.53. The van der Waals surface area contributed by atoms with E-state index in [0.717, 1.165) is 30.5 Å². The van der Waals surface area contributed by atoms with Crippen molar-refractivity contribution in [1.29, 1.82) is 0 Å². The average molecular weight is 340 g/mol. The van der Waals surface area contributed by atoms with Gasteiger partial charge in [0.15, 0.2) is 0 Å². The largest absolute Gasteiger partial charge is 0.481 e. The Morgan fingerprint density at radius 2 is 2.18 bits per heavy atom. The third-order valence-electron chi connectivity index (χ3n) is 5.07. The molecule has 1 N–H and O–H groups in total. The number of ether oxygens (including phenoxy) is 1. The molecule has 4 nitrogen and oxygen atoms in total. The Morgan fingerprint density at radius 1 is 1.45 bits per heavy atom. The van der Waals surface area contributed by atoms with Gasteiger partial charge in [0.05, 0.1) is 10.5 Å². The number of esters is 1. The topological polar surface area (TPSA) is 63.6 Å². The molecule has 4 aliphatic rings. The fourth-order valence-electron chi connectivity index (χ4n) is 4.53. The molecule has 0 amide bonds. The van der Waals surface area contributed by atoms with Crippen LogP contribution in [0.5, 0.6) is 0 Å². The molecular formula is C16H20O4S2. The third kappa shape index (κ3) is 2.60. The fraction of sp³-hybridized carbons (Fsp3) is 0.688. The molecule has 4 fully saturated rings. The lowest BCUT2D eigenvalue weighted by Gasteiger charge is -2.61. The van der Waals surface area contributed by atoms with E-state index in [1.165, 1.54) is 11.8 Å². The number of hydrogen-bond donors (Lipinski definition) is 1. The lowest BCUT2D eigenvalue weighted by molar-refractivity contribution is -0.169. The molecule has 4 bridgehead atoms. The molecule has 0 heterocycles. The first-order chi connectivity index (χ1) is 10.3. The number of carbonyl (C=O) groups excluding carboxylic acids is 1. The van der Waals surface area contributed by atoms with Crippen LogP contribution in [0.1, 0.15) is 39.0 Å². The van der Waals surface area contributed by atoms with Crippen LogP contribution in [-0.2, 0) is 14.3 Å². The second kappa shape index (κ2) is 5.34. The van der Waals surface area contributed by atoms with Crippen LogP contribution in [0.25, 0.3) is 0 Å². The van der Waals surface area contributed by atoms with E-state index in [4.69, 9.17) is 22.1 Å². The van der Waals surface area contributed by atoms with E-state index in [0.29, 0.717) is 17.9 Å². The number of rotatable bonds is 5. The van der Waals surface area contributed by atoms with Gasteiger partial charge in [-0.3, -0.25) is 4.79 Å². The molecule has 4 rings (SSSR count). The van der Waals surface area contributed by atoms with E-state index < -0.39 is 11.6 Å². The monoisotopic (exact) mass is 340 g/mol. The smallest absolute Gasteiger partial charge is 0.333 e. The van der Waals surface area contributed by atoms with Crippen LogP contribution in [0.4, 0.5) is 0 Å². The molecule has 0 spiro atoms. The molecule has 0 radical (unpaired) electrons. The van der Waals surface area contributed by atoms with Gasteiger partial charge in [-0.1, -0.05) is 18.8 Å². The van der Waals surface area contributed by atoms with Crippen LogP contribution >= 0.6 is 24.0 Å². The van der Waals surface area contributed by atoms with E-state index in [9.17, 15) is 9.59 Å². The molecule has 4 aliphatic carbocycles. The second-order valence-corrected chi connectivity index (χ2v) is 8.78. The van der Waals surface area contributed by atoms with Crippen LogP contribution in [0.2, 0.25) is 0 Å². The average Bonchev–Trinajstić information content (AvgIpc) is 2.41. The summed E-state index contributed by atoms with van der Waals surface area (Å²) in [6.07, 6.45) is 4.30. The summed E-state index contributed by atoms with van der Waals surface area (Å²) in [6.45, 7) is 5.32. The maximum Gasteiger partial charge on any atom is 0.333 e. The molecular weight excluding hydrogens is 320 g/mol. The maximum absolute atomic E-state index is 12.0. The summed E-state index contributed by atoms with van der Waals surface area (Å²) in [5.74, 6) is -0.374. The van der Waals surface area contributed by atoms with Crippen LogP contribution in [-0.4, -0.2) is 38.0 Å². The molecule has 22 heavy (non-hydrogen) atoms. The molecule has 4 unspecified atom stereocenters. The highest BCUT2D eigenvalue weighted by Crippen LogP contribution is 2.62. The van der Waals surface area contributed by atoms with Gasteiger partial charge in [-0.15, -0.1) is 11.8 Å². The molecule has 0 aromatic carbocycles. The Hall–Kier alpha value is -0.880. The minimum absolute atomic E-state index is 0.0457. The summed E-state index contributed by atoms with van der Waals surface area (Å²) >= 11 is 7.11. The summed E-state index contributed by atoms with van der Waals surface area (Å²) in [7, 11) is 0. The summed E-state index contributed by atoms with van der Waals surface area (Å²) in [4.78, 5) is 24.0. The van der Waals surface area contributed by atoms with Crippen LogP contribution in [0.15, 0.2) is 12.2 Å². The van der Waals surface area contributed by atoms with Gasteiger partial charge in [0.1, 0.15) is 5.60 Å². The van der Waals surface area contributed by atoms with Crippen molar-refractivity contribution in [2.45, 2.75) is 49.4 Å². The Kier molecular flexibility index (Phi) is 3.88. The van der Waals surface area contributed by atoms with Gasteiger partial charge < -0.3 is 9.84 Å². The molecule has 120 valence electrons. The van der Waals surface area contributed by atoms with Crippen LogP contribution in [0, 0.1) is 11.8 Å². The zero-order chi connectivity index (χ0) is 16.1. The molecule has 0 aromatic rings. The third-order valence-corrected chi connectivity index (χ3v) is 7.40. The van der Waals surface area contributed by atoms with E-state index in [2.05, 4.69) is 6.58 Å². The first-order valence-electron chi connectivity index (χ1n) is 7.54. The van der Waals surface area contributed by atoms with Crippen molar-refractivity contribution in [3.63, 3.8) is 0 Å². The predicted octanol–water partition coefficient (Wildman–Crippen LogP) is 2.99. The van der Waals surface area contributed by atoms with Crippen LogP contribution < -0.4 is 0 Å². The van der Waals surface area contributed by atoms with E-state index in [-0.39, 0.29) is 22.4 Å². The summed E-state index contributed by atoms with van der Waals surface area (Å²) in [6, 6.07) is 0. The molecule has 6 heteroatoms. The predicted molar refractivity (Wildman–Crippen MR) is 89.1 cm³/mol. The Balaban J connectivity index is 1.86. The quantitative estimate of drug-likeness (QED) is 0.471. The minimum Gasteiger partial charge on any atom is -0.481 e. The van der Waals surface area contributed by atoms with Crippen LogP contribution in [0.3, 0.4) is 0 Å². The SMILES string of the molecule is C=C(C)C(=O)OC12CC3CC(C1)C(=S)C(SCC(=O)O)(C3)C2. The number of hydrogen-bond acceptors (Lipinski definition) is 5. The first kappa shape index (κ1) is 16.0. The van der Waals surface area contributed by atoms with Crippen molar-refractivity contribution in [3.8, 4) is 0 Å². The highest BCUT2D eigenvalue weighted by atomic mass is 32.2. The van der Waals surface area contributed by atoms with Gasteiger partial charge in [-0.2, -0.15) is 0 Å². The van der Waals surface area contributed by atoms with Gasteiger partial charge in [-0.25, -0.2) is 4.79 Å². The van der Waals surface area contributed by atoms with Crippen molar-refractivity contribution < 1.29 is 19.4 Å². The minimum atomic E-state index is -0.823. The highest BCUT2D eigenvalue weighted by Gasteiger charge is 2.62. The van der Waals surface area contributed by atoms with Crippen molar-refractivity contribution in [2.75, 3.05) is 5.75 Å². The standard InChI is InChI=1S/C16H20O4S2/c1-9(2)14(19)20-15-4-10-3-11(6-15)13(21)16(5-10,8-15)22-7-12(17)18/h10-11H,1,3-8H2,2H3,(H,17,18). The van der Waals surface area contributed by atoms with Gasteiger partial charge >= 0.3 is 11.9 Å². The second-order valence-electron chi connectivity index (χ2n) is 6.98. The number of thiocarbonyl (C=S) groups is 1. The van der Waals surface area contributed by atoms with E-state index >= 15 is 0 Å². The van der Waals surface area contributed by atoms with Crippen molar-refractivity contribution in [2.24, 2.45) is 11.8 Å². The summed E-state index contributed by atoms with van der Waals surface area (Å²) < 4.78 is 5.52. The Labute approximate surface area is 139 Å². The van der Waals surface area contributed by atoms with Gasteiger partial charge in [0, 0.05) is 16.9 Å². The number of carboxylic acids is 1. The summed E-state index contributed by atoms with van der Waals surface area (Å²) in [5, 5.41) is 9.02. The van der Waals surface area contributed by atoms with Gasteiger partial charge in [0.25, 0.3) is 0 Å². The zero-order valence-corrected chi connectivity index (χ0v) is 14.2. The van der Waals surface area contributed by atoms with Crippen molar-refractivity contribution in [3.05, 3.63) is 12.2 Å². The Bertz CT molecular complexity index is 572. The zero-order valence-electron chi connectivity index (χ0n) is 12.6. The molecule has 0 aliphatic heterocycles. The number of carboxylic acid groups (broad SMARTS) is 1. The molecule has 4 atom stereocenters. The van der Waals surface area contributed by atoms with Crippen molar-refractivity contribution >= 4 is 40.8 Å². The first-order valence-corrected chi connectivity index (χ1v) is 8.94. The number of thioether (sulfide) groups is 1. The molecule has 0 aromatic heterocycles. The van der Waals surface area contributed by atoms with Crippen molar-refractivity contribution in [1.82, 2.24) is 0 Å². The number of carbonyl (C=O) groups is 2. The fourth-order valence-corrected chi connectivity index (χ4v) is 6.47. The maximum atomic E-state index is 12.0. The highest BCUT2D eigenvalue weighted by molar-refractivity contribution is 8.03. The Morgan fingerprint density at radius 3 is 2.82 bits per heavy atom. The van der Waals surface area contributed by atoms with E-state index in [1.807, 2.05) is 0 Å². The molecule has 0 saturated heterocycles. The lowest BCUT2D eigenvalue weighted by Crippen LogP contribution is -2.64. The summed E-state index contributed by atoms with van der Waals surface area (Å²) in [5.41, 5.74) is -0.0686.